The highest BCUT2D eigenvalue weighted by molar-refractivity contribution is 5.22. The van der Waals surface area contributed by atoms with E-state index in [-0.39, 0.29) is 6.04 Å². The van der Waals surface area contributed by atoms with E-state index < -0.39 is 16.9 Å². The van der Waals surface area contributed by atoms with Gasteiger partial charge >= 0.3 is 0 Å². The van der Waals surface area contributed by atoms with Gasteiger partial charge in [0.05, 0.1) is 6.04 Å². The molecule has 0 spiro atoms. The molecule has 0 aromatic heterocycles. The molecule has 2 unspecified atom stereocenters. The van der Waals surface area contributed by atoms with Crippen LogP contribution < -0.4 is 9.47 Å². The Balaban J connectivity index is 1.92. The van der Waals surface area contributed by atoms with Crippen LogP contribution in [0.25, 0.3) is 0 Å². The van der Waals surface area contributed by atoms with Gasteiger partial charge in [0.25, 0.3) is 0 Å². The third-order valence-corrected chi connectivity index (χ3v) is 4.29. The van der Waals surface area contributed by atoms with Crippen LogP contribution in [0.15, 0.2) is 70.9 Å². The van der Waals surface area contributed by atoms with Gasteiger partial charge in [-0.25, -0.2) is 0 Å². The largest absolute Gasteiger partial charge is 0.488 e. The SMILES string of the molecule is CC(CC(C)(C)Oc1ccccc1)/N=N/C(C)(O)CC(C)(C)Oc1ccccc1. The molecule has 0 aliphatic heterocycles. The van der Waals surface area contributed by atoms with Crippen molar-refractivity contribution in [1.29, 1.82) is 0 Å². The lowest BCUT2D eigenvalue weighted by molar-refractivity contribution is -0.0228. The summed E-state index contributed by atoms with van der Waals surface area (Å²) in [6, 6.07) is 19.2. The van der Waals surface area contributed by atoms with Gasteiger partial charge in [-0.15, -0.1) is 0 Å². The van der Waals surface area contributed by atoms with E-state index in [1.54, 1.807) is 6.92 Å². The molecule has 2 rings (SSSR count). The van der Waals surface area contributed by atoms with Crippen molar-refractivity contribution in [2.75, 3.05) is 0 Å². The van der Waals surface area contributed by atoms with Crippen LogP contribution in [0, 0.1) is 0 Å². The van der Waals surface area contributed by atoms with Gasteiger partial charge in [-0.05, 0) is 65.8 Å². The smallest absolute Gasteiger partial charge is 0.177 e. The molecule has 1 N–H and O–H groups in total. The van der Waals surface area contributed by atoms with Crippen LogP contribution in [-0.4, -0.2) is 28.1 Å². The second kappa shape index (κ2) is 9.40. The average Bonchev–Trinajstić information content (AvgIpc) is 2.59. The maximum atomic E-state index is 10.7. The third kappa shape index (κ3) is 8.65. The lowest BCUT2D eigenvalue weighted by Crippen LogP contribution is -2.38. The molecule has 5 heteroatoms. The molecule has 2 aromatic carbocycles. The number of benzene rings is 2. The zero-order valence-electron chi connectivity index (χ0n) is 18.4. The van der Waals surface area contributed by atoms with Gasteiger partial charge in [0.15, 0.2) is 5.72 Å². The summed E-state index contributed by atoms with van der Waals surface area (Å²) in [6.07, 6.45) is 0.987. The maximum absolute atomic E-state index is 10.7. The van der Waals surface area contributed by atoms with Crippen LogP contribution in [0.5, 0.6) is 11.5 Å². The van der Waals surface area contributed by atoms with Crippen molar-refractivity contribution in [3.05, 3.63) is 60.7 Å². The number of ether oxygens (including phenoxy) is 2. The van der Waals surface area contributed by atoms with Crippen LogP contribution in [0.1, 0.15) is 54.4 Å². The molecule has 0 aliphatic rings. The van der Waals surface area contributed by atoms with Gasteiger partial charge in [0.1, 0.15) is 22.7 Å². The molecule has 2 aromatic rings. The minimum Gasteiger partial charge on any atom is -0.488 e. The minimum atomic E-state index is -1.32. The number of para-hydroxylation sites is 2. The Morgan fingerprint density at radius 2 is 1.24 bits per heavy atom. The molecule has 0 heterocycles. The van der Waals surface area contributed by atoms with Crippen LogP contribution >= 0.6 is 0 Å². The Labute approximate surface area is 174 Å². The van der Waals surface area contributed by atoms with Crippen molar-refractivity contribution in [3.8, 4) is 11.5 Å². The summed E-state index contributed by atoms with van der Waals surface area (Å²) in [5.74, 6) is 1.59. The van der Waals surface area contributed by atoms with Crippen molar-refractivity contribution >= 4 is 0 Å². The Morgan fingerprint density at radius 1 is 0.793 bits per heavy atom. The van der Waals surface area contributed by atoms with E-state index in [0.717, 1.165) is 11.5 Å². The summed E-state index contributed by atoms with van der Waals surface area (Å²) in [7, 11) is 0. The summed E-state index contributed by atoms with van der Waals surface area (Å²) in [6.45, 7) is 11.6. The van der Waals surface area contributed by atoms with Crippen LogP contribution in [0.4, 0.5) is 0 Å². The zero-order valence-corrected chi connectivity index (χ0v) is 18.4. The zero-order chi connectivity index (χ0) is 21.5. The standard InChI is InChI=1S/C24H34N2O3/c1-19(17-22(2,3)28-20-13-9-7-10-14-20)25-26-24(6,27)18-23(4,5)29-21-15-11-8-12-16-21/h7-16,19,27H,17-18H2,1-6H3/b26-25+. The fraction of sp³-hybridized carbons (Fsp3) is 0.500. The summed E-state index contributed by atoms with van der Waals surface area (Å²) in [4.78, 5) is 0. The van der Waals surface area contributed by atoms with Crippen molar-refractivity contribution in [2.24, 2.45) is 10.2 Å². The quantitative estimate of drug-likeness (QED) is 0.497. The third-order valence-electron chi connectivity index (χ3n) is 4.29. The second-order valence-corrected chi connectivity index (χ2v) is 9.01. The number of rotatable bonds is 10. The Hall–Kier alpha value is -2.40. The Morgan fingerprint density at radius 3 is 1.72 bits per heavy atom. The predicted octanol–water partition coefficient (Wildman–Crippen LogP) is 6.03. The molecule has 0 radical (unpaired) electrons. The summed E-state index contributed by atoms with van der Waals surface area (Å²) >= 11 is 0. The van der Waals surface area contributed by atoms with E-state index in [2.05, 4.69) is 10.2 Å². The topological polar surface area (TPSA) is 63.4 Å². The first-order valence-corrected chi connectivity index (χ1v) is 10.1. The van der Waals surface area contributed by atoms with Gasteiger partial charge in [0, 0.05) is 12.8 Å². The molecular formula is C24H34N2O3. The highest BCUT2D eigenvalue weighted by Gasteiger charge is 2.33. The molecule has 2 atom stereocenters. The minimum absolute atomic E-state index is 0.0988. The van der Waals surface area contributed by atoms with Gasteiger partial charge in [-0.1, -0.05) is 36.4 Å². The molecule has 158 valence electrons. The van der Waals surface area contributed by atoms with E-state index in [1.807, 2.05) is 95.3 Å². The molecule has 29 heavy (non-hydrogen) atoms. The first-order valence-electron chi connectivity index (χ1n) is 10.1. The fourth-order valence-electron chi connectivity index (χ4n) is 3.51. The van der Waals surface area contributed by atoms with E-state index in [1.165, 1.54) is 0 Å². The first kappa shape index (κ1) is 22.9. The predicted molar refractivity (Wildman–Crippen MR) is 116 cm³/mol. The van der Waals surface area contributed by atoms with Gasteiger partial charge in [-0.2, -0.15) is 10.2 Å². The summed E-state index contributed by atoms with van der Waals surface area (Å²) in [5.41, 5.74) is -2.32. The monoisotopic (exact) mass is 398 g/mol. The second-order valence-electron chi connectivity index (χ2n) is 9.01. The highest BCUT2D eigenvalue weighted by Crippen LogP contribution is 2.28. The summed E-state index contributed by atoms with van der Waals surface area (Å²) < 4.78 is 12.1. The molecule has 5 nitrogen and oxygen atoms in total. The summed E-state index contributed by atoms with van der Waals surface area (Å²) in [5, 5.41) is 19.3. The molecule has 0 aliphatic carbocycles. The van der Waals surface area contributed by atoms with Crippen molar-refractivity contribution in [1.82, 2.24) is 0 Å². The molecule has 0 amide bonds. The van der Waals surface area contributed by atoms with E-state index in [0.29, 0.717) is 12.8 Å². The molecule has 0 saturated heterocycles. The average molecular weight is 399 g/mol. The fourth-order valence-corrected chi connectivity index (χ4v) is 3.51. The van der Waals surface area contributed by atoms with Gasteiger partial charge in [-0.3, -0.25) is 0 Å². The number of hydrogen-bond donors (Lipinski definition) is 1. The number of hydrogen-bond acceptors (Lipinski definition) is 5. The van der Waals surface area contributed by atoms with Crippen molar-refractivity contribution < 1.29 is 14.6 Å². The van der Waals surface area contributed by atoms with Gasteiger partial charge in [0.2, 0.25) is 0 Å². The van der Waals surface area contributed by atoms with Gasteiger partial charge < -0.3 is 14.6 Å². The van der Waals surface area contributed by atoms with E-state index >= 15 is 0 Å². The molecule has 0 bridgehead atoms. The molecular weight excluding hydrogens is 364 g/mol. The lowest BCUT2D eigenvalue weighted by atomic mass is 9.97. The van der Waals surface area contributed by atoms with Crippen molar-refractivity contribution in [2.45, 2.75) is 77.4 Å². The number of aliphatic hydroxyl groups is 1. The Kier molecular flexibility index (Phi) is 7.42. The number of nitrogens with zero attached hydrogens (tertiary/aromatic N) is 2. The maximum Gasteiger partial charge on any atom is 0.177 e. The van der Waals surface area contributed by atoms with Crippen LogP contribution in [0.3, 0.4) is 0 Å². The van der Waals surface area contributed by atoms with E-state index in [4.69, 9.17) is 9.47 Å². The normalized spacial score (nSPS) is 15.7. The highest BCUT2D eigenvalue weighted by atomic mass is 16.5. The van der Waals surface area contributed by atoms with Crippen LogP contribution in [-0.2, 0) is 0 Å². The molecule has 0 fully saturated rings. The first-order chi connectivity index (χ1) is 13.5. The van der Waals surface area contributed by atoms with Crippen molar-refractivity contribution in [3.63, 3.8) is 0 Å². The number of azo groups is 1. The Bertz CT molecular complexity index is 771. The molecule has 0 saturated carbocycles. The van der Waals surface area contributed by atoms with Crippen LogP contribution in [0.2, 0.25) is 0 Å². The lowest BCUT2D eigenvalue weighted by Gasteiger charge is -2.32. The van der Waals surface area contributed by atoms with E-state index in [9.17, 15) is 5.11 Å².